The number of aryl methyl sites for hydroxylation is 1. The van der Waals surface area contributed by atoms with Crippen LogP contribution in [-0.2, 0) is 10.0 Å². The molecule has 3 rings (SSSR count). The second kappa shape index (κ2) is 7.84. The number of amides is 1. The molecule has 8 nitrogen and oxygen atoms in total. The SMILES string of the molecule is Cc1cc(C(=O)N2CCN(S(=O)(=O)c3cc(F)ccc3F)CC2)ccc1[N+](=O)[O-]. The van der Waals surface area contributed by atoms with Gasteiger partial charge in [-0.1, -0.05) is 0 Å². The van der Waals surface area contributed by atoms with Gasteiger partial charge in [0.2, 0.25) is 10.0 Å². The Morgan fingerprint density at radius 1 is 1.07 bits per heavy atom. The highest BCUT2D eigenvalue weighted by Crippen LogP contribution is 2.23. The zero-order chi connectivity index (χ0) is 21.3. The molecule has 0 N–H and O–H groups in total. The summed E-state index contributed by atoms with van der Waals surface area (Å²) in [6.07, 6.45) is 0. The summed E-state index contributed by atoms with van der Waals surface area (Å²) < 4.78 is 53.5. The van der Waals surface area contributed by atoms with Gasteiger partial charge in [-0.3, -0.25) is 14.9 Å². The van der Waals surface area contributed by atoms with Gasteiger partial charge >= 0.3 is 0 Å². The summed E-state index contributed by atoms with van der Waals surface area (Å²) in [5.41, 5.74) is 0.485. The largest absolute Gasteiger partial charge is 0.336 e. The van der Waals surface area contributed by atoms with Gasteiger partial charge in [0.15, 0.2) is 0 Å². The minimum Gasteiger partial charge on any atom is -0.336 e. The molecule has 1 aliphatic heterocycles. The number of nitro groups is 1. The van der Waals surface area contributed by atoms with Crippen LogP contribution in [0.25, 0.3) is 0 Å². The van der Waals surface area contributed by atoms with Crippen molar-refractivity contribution >= 4 is 21.6 Å². The molecule has 11 heteroatoms. The molecule has 0 saturated carbocycles. The van der Waals surface area contributed by atoms with E-state index in [1.165, 1.54) is 30.0 Å². The summed E-state index contributed by atoms with van der Waals surface area (Å²) in [7, 11) is -4.25. The third-order valence-electron chi connectivity index (χ3n) is 4.68. The van der Waals surface area contributed by atoms with Crippen molar-refractivity contribution in [1.82, 2.24) is 9.21 Å². The number of carbonyl (C=O) groups excluding carboxylic acids is 1. The summed E-state index contributed by atoms with van der Waals surface area (Å²) in [6, 6.07) is 6.21. The first-order chi connectivity index (χ1) is 13.6. The lowest BCUT2D eigenvalue weighted by atomic mass is 10.1. The van der Waals surface area contributed by atoms with Crippen molar-refractivity contribution in [3.8, 4) is 0 Å². The number of nitrogens with zero attached hydrogens (tertiary/aromatic N) is 3. The van der Waals surface area contributed by atoms with Crippen molar-refractivity contribution in [3.63, 3.8) is 0 Å². The summed E-state index contributed by atoms with van der Waals surface area (Å²) in [6.45, 7) is 1.44. The summed E-state index contributed by atoms with van der Waals surface area (Å²) in [5.74, 6) is -2.31. The number of carbonyl (C=O) groups is 1. The Hall–Kier alpha value is -2.92. The molecule has 0 atom stereocenters. The van der Waals surface area contributed by atoms with E-state index in [2.05, 4.69) is 0 Å². The number of piperazine rings is 1. The number of sulfonamides is 1. The van der Waals surface area contributed by atoms with Gasteiger partial charge < -0.3 is 4.90 Å². The molecular weight excluding hydrogens is 408 g/mol. The van der Waals surface area contributed by atoms with Gasteiger partial charge in [0.05, 0.1) is 4.92 Å². The van der Waals surface area contributed by atoms with Crippen LogP contribution in [0.1, 0.15) is 15.9 Å². The van der Waals surface area contributed by atoms with Gasteiger partial charge in [-0.05, 0) is 37.3 Å². The fraction of sp³-hybridized carbons (Fsp3) is 0.278. The molecule has 0 unspecified atom stereocenters. The molecule has 0 radical (unpaired) electrons. The summed E-state index contributed by atoms with van der Waals surface area (Å²) in [5, 5.41) is 10.9. The van der Waals surface area contributed by atoms with E-state index in [0.717, 1.165) is 16.4 Å². The first kappa shape index (κ1) is 20.8. The van der Waals surface area contributed by atoms with Crippen molar-refractivity contribution in [3.05, 3.63) is 69.3 Å². The smallest absolute Gasteiger partial charge is 0.272 e. The minimum absolute atomic E-state index is 0.0467. The second-order valence-electron chi connectivity index (χ2n) is 6.53. The van der Waals surface area contributed by atoms with E-state index >= 15 is 0 Å². The molecular formula is C18H17F2N3O5S. The van der Waals surface area contributed by atoms with E-state index in [1.54, 1.807) is 0 Å². The van der Waals surface area contributed by atoms with Gasteiger partial charge in [-0.2, -0.15) is 4.31 Å². The summed E-state index contributed by atoms with van der Waals surface area (Å²) in [4.78, 5) is 23.7. The Balaban J connectivity index is 1.73. The van der Waals surface area contributed by atoms with Crippen LogP contribution in [0.2, 0.25) is 0 Å². The molecule has 1 amide bonds. The first-order valence-electron chi connectivity index (χ1n) is 8.61. The van der Waals surface area contributed by atoms with E-state index in [0.29, 0.717) is 11.6 Å². The molecule has 0 bridgehead atoms. The maximum Gasteiger partial charge on any atom is 0.272 e. The number of hydrogen-bond acceptors (Lipinski definition) is 5. The van der Waals surface area contributed by atoms with Crippen LogP contribution in [-0.4, -0.2) is 54.6 Å². The standard InChI is InChI=1S/C18H17F2N3O5S/c1-12-10-13(2-5-16(12)23(25)26)18(24)21-6-8-22(9-7-21)29(27,28)17-11-14(19)3-4-15(17)20/h2-5,10-11H,6-9H2,1H3. The van der Waals surface area contributed by atoms with Crippen LogP contribution >= 0.6 is 0 Å². The van der Waals surface area contributed by atoms with Gasteiger partial charge in [0.1, 0.15) is 16.5 Å². The van der Waals surface area contributed by atoms with E-state index in [9.17, 15) is 32.1 Å². The summed E-state index contributed by atoms with van der Waals surface area (Å²) >= 11 is 0. The van der Waals surface area contributed by atoms with E-state index < -0.39 is 37.4 Å². The monoisotopic (exact) mass is 425 g/mol. The molecule has 2 aromatic carbocycles. The average molecular weight is 425 g/mol. The number of nitro benzene ring substituents is 1. The molecule has 0 spiro atoms. The molecule has 1 aliphatic rings. The Morgan fingerprint density at radius 2 is 1.72 bits per heavy atom. The van der Waals surface area contributed by atoms with Crippen LogP contribution in [0.5, 0.6) is 0 Å². The quantitative estimate of drug-likeness (QED) is 0.553. The minimum atomic E-state index is -4.25. The lowest BCUT2D eigenvalue weighted by Crippen LogP contribution is -2.50. The maximum absolute atomic E-state index is 13.9. The molecule has 2 aromatic rings. The van der Waals surface area contributed by atoms with Crippen molar-refractivity contribution in [1.29, 1.82) is 0 Å². The third-order valence-corrected chi connectivity index (χ3v) is 6.59. The molecule has 1 fully saturated rings. The van der Waals surface area contributed by atoms with E-state index in [4.69, 9.17) is 0 Å². The fourth-order valence-electron chi connectivity index (χ4n) is 3.12. The molecule has 0 aromatic heterocycles. The molecule has 1 heterocycles. The molecule has 154 valence electrons. The Morgan fingerprint density at radius 3 is 2.31 bits per heavy atom. The second-order valence-corrected chi connectivity index (χ2v) is 8.44. The van der Waals surface area contributed by atoms with Crippen LogP contribution in [0.4, 0.5) is 14.5 Å². The Bertz CT molecular complexity index is 1080. The van der Waals surface area contributed by atoms with Crippen LogP contribution in [0, 0.1) is 28.7 Å². The normalized spacial score (nSPS) is 15.3. The lowest BCUT2D eigenvalue weighted by molar-refractivity contribution is -0.385. The van der Waals surface area contributed by atoms with E-state index in [1.807, 2.05) is 0 Å². The first-order valence-corrected chi connectivity index (χ1v) is 10.0. The predicted octanol–water partition coefficient (Wildman–Crippen LogP) is 2.33. The number of halogens is 2. The Kier molecular flexibility index (Phi) is 5.62. The van der Waals surface area contributed by atoms with Gasteiger partial charge in [0.25, 0.3) is 11.6 Å². The predicted molar refractivity (Wildman–Crippen MR) is 98.9 cm³/mol. The van der Waals surface area contributed by atoms with Gasteiger partial charge in [-0.15, -0.1) is 0 Å². The molecule has 29 heavy (non-hydrogen) atoms. The maximum atomic E-state index is 13.9. The highest BCUT2D eigenvalue weighted by Gasteiger charge is 2.32. The average Bonchev–Trinajstić information content (AvgIpc) is 2.69. The highest BCUT2D eigenvalue weighted by molar-refractivity contribution is 7.89. The molecule has 1 saturated heterocycles. The van der Waals surface area contributed by atoms with Gasteiger partial charge in [0, 0.05) is 43.4 Å². The van der Waals surface area contributed by atoms with Crippen molar-refractivity contribution in [2.75, 3.05) is 26.2 Å². The third kappa shape index (κ3) is 4.10. The van der Waals surface area contributed by atoms with Crippen molar-refractivity contribution in [2.24, 2.45) is 0 Å². The van der Waals surface area contributed by atoms with Crippen LogP contribution in [0.15, 0.2) is 41.3 Å². The van der Waals surface area contributed by atoms with Crippen LogP contribution < -0.4 is 0 Å². The highest BCUT2D eigenvalue weighted by atomic mass is 32.2. The topological polar surface area (TPSA) is 101 Å². The van der Waals surface area contributed by atoms with Gasteiger partial charge in [-0.25, -0.2) is 17.2 Å². The molecule has 0 aliphatic carbocycles. The van der Waals surface area contributed by atoms with Crippen molar-refractivity contribution in [2.45, 2.75) is 11.8 Å². The number of rotatable bonds is 4. The zero-order valence-corrected chi connectivity index (χ0v) is 16.2. The van der Waals surface area contributed by atoms with E-state index in [-0.39, 0.29) is 37.4 Å². The van der Waals surface area contributed by atoms with Crippen LogP contribution in [0.3, 0.4) is 0 Å². The number of hydrogen-bond donors (Lipinski definition) is 0. The fourth-order valence-corrected chi connectivity index (χ4v) is 4.62. The lowest BCUT2D eigenvalue weighted by Gasteiger charge is -2.34. The Labute approximate surface area is 165 Å². The number of benzene rings is 2. The van der Waals surface area contributed by atoms with Crippen molar-refractivity contribution < 1.29 is 26.9 Å². The zero-order valence-electron chi connectivity index (χ0n) is 15.3.